The molecule has 158 valence electrons. The van der Waals surface area contributed by atoms with Gasteiger partial charge >= 0.3 is 0 Å². The lowest BCUT2D eigenvalue weighted by Crippen LogP contribution is -2.51. The van der Waals surface area contributed by atoms with E-state index < -0.39 is 16.9 Å². The molecule has 0 aromatic carbocycles. The van der Waals surface area contributed by atoms with Gasteiger partial charge in [0.05, 0.1) is 16.7 Å². The first-order chi connectivity index (χ1) is 14.5. The minimum Gasteiger partial charge on any atom is -0.304 e. The first kappa shape index (κ1) is 20.0. The van der Waals surface area contributed by atoms with Gasteiger partial charge in [0, 0.05) is 42.3 Å². The Morgan fingerprint density at radius 3 is 2.73 bits per heavy atom. The van der Waals surface area contributed by atoms with Crippen molar-refractivity contribution in [2.24, 2.45) is 0 Å². The molecular formula is C23H27FN4OS. The number of hydrogen-bond acceptors (Lipinski definition) is 4. The first-order valence-electron chi connectivity index (χ1n) is 10.7. The van der Waals surface area contributed by atoms with Gasteiger partial charge in [0.25, 0.3) is 0 Å². The van der Waals surface area contributed by atoms with E-state index in [4.69, 9.17) is 0 Å². The molecule has 2 aliphatic carbocycles. The third-order valence-electron chi connectivity index (χ3n) is 6.41. The van der Waals surface area contributed by atoms with Crippen LogP contribution in [0, 0.1) is 5.95 Å². The molecule has 0 bridgehead atoms. The van der Waals surface area contributed by atoms with Crippen LogP contribution in [0.2, 0.25) is 0 Å². The summed E-state index contributed by atoms with van der Waals surface area (Å²) >= 11 is 0. The van der Waals surface area contributed by atoms with E-state index in [2.05, 4.69) is 32.6 Å². The summed E-state index contributed by atoms with van der Waals surface area (Å²) in [5, 5.41) is 4.28. The fourth-order valence-electron chi connectivity index (χ4n) is 4.70. The second-order valence-electron chi connectivity index (χ2n) is 8.81. The van der Waals surface area contributed by atoms with Crippen molar-refractivity contribution in [3.63, 3.8) is 0 Å². The molecule has 2 unspecified atom stereocenters. The Balaban J connectivity index is 1.36. The van der Waals surface area contributed by atoms with Gasteiger partial charge in [-0.15, -0.1) is 0 Å². The molecule has 2 atom stereocenters. The molecule has 3 aliphatic rings. The zero-order valence-corrected chi connectivity index (χ0v) is 18.0. The normalized spacial score (nSPS) is 26.1. The number of fused-ring (bicyclic) bond motifs is 1. The van der Waals surface area contributed by atoms with Crippen LogP contribution in [0.3, 0.4) is 0 Å². The Bertz CT molecular complexity index is 1000. The highest BCUT2D eigenvalue weighted by Gasteiger charge is 2.38. The van der Waals surface area contributed by atoms with Crippen molar-refractivity contribution in [1.29, 1.82) is 0 Å². The van der Waals surface area contributed by atoms with Crippen molar-refractivity contribution in [2.45, 2.75) is 55.9 Å². The number of nitrogens with zero attached hydrogens (tertiary/aromatic N) is 3. The molecule has 30 heavy (non-hydrogen) atoms. The molecule has 0 spiro atoms. The maximum absolute atomic E-state index is 13.8. The van der Waals surface area contributed by atoms with Crippen LogP contribution in [0.5, 0.6) is 0 Å². The standard InChI is InChI=1S/C23H27FN4OS/c1-23(27-18-8-11-28(12-9-18)30(29)19-5-6-19)14-17(21-3-2-4-22(24)26-21)13-16-7-10-25-15-20(16)23/h2-4,7,10,13,15,18-19,27H,5-6,8-9,11-12,14H2,1H3. The average molecular weight is 427 g/mol. The largest absolute Gasteiger partial charge is 0.304 e. The zero-order valence-electron chi connectivity index (χ0n) is 17.2. The van der Waals surface area contributed by atoms with E-state index in [0.717, 1.165) is 61.9 Å². The van der Waals surface area contributed by atoms with E-state index >= 15 is 0 Å². The zero-order chi connectivity index (χ0) is 20.7. The Hall–Kier alpha value is -1.96. The van der Waals surface area contributed by atoms with Crippen LogP contribution in [0.1, 0.15) is 55.8 Å². The number of rotatable bonds is 5. The second kappa shape index (κ2) is 7.94. The van der Waals surface area contributed by atoms with Gasteiger partial charge < -0.3 is 5.32 Å². The van der Waals surface area contributed by atoms with Crippen molar-refractivity contribution >= 4 is 22.6 Å². The number of nitrogens with one attached hydrogen (secondary N) is 1. The van der Waals surface area contributed by atoms with Gasteiger partial charge in [0.15, 0.2) is 0 Å². The number of hydrogen-bond donors (Lipinski definition) is 1. The molecule has 2 fully saturated rings. The van der Waals surface area contributed by atoms with Crippen LogP contribution in [0.15, 0.2) is 36.7 Å². The maximum atomic E-state index is 13.8. The third-order valence-corrected chi connectivity index (χ3v) is 8.32. The van der Waals surface area contributed by atoms with Crippen LogP contribution in [-0.4, -0.2) is 42.9 Å². The van der Waals surface area contributed by atoms with Gasteiger partial charge in [-0.2, -0.15) is 4.39 Å². The van der Waals surface area contributed by atoms with Crippen molar-refractivity contribution in [2.75, 3.05) is 13.1 Å². The summed E-state index contributed by atoms with van der Waals surface area (Å²) < 4.78 is 28.4. The van der Waals surface area contributed by atoms with Crippen molar-refractivity contribution in [3.05, 3.63) is 59.4 Å². The second-order valence-corrected chi connectivity index (χ2v) is 10.5. The van der Waals surface area contributed by atoms with Gasteiger partial charge in [-0.25, -0.2) is 13.5 Å². The summed E-state index contributed by atoms with van der Waals surface area (Å²) in [5.74, 6) is -0.459. The fourth-order valence-corrected chi connectivity index (χ4v) is 6.23. The van der Waals surface area contributed by atoms with Crippen LogP contribution in [0.4, 0.5) is 4.39 Å². The Morgan fingerprint density at radius 2 is 2.00 bits per heavy atom. The van der Waals surface area contributed by atoms with Crippen LogP contribution in [-0.2, 0) is 16.5 Å². The summed E-state index contributed by atoms with van der Waals surface area (Å²) in [5.41, 5.74) is 3.65. The Morgan fingerprint density at radius 1 is 1.20 bits per heavy atom. The number of pyridine rings is 2. The molecule has 2 aromatic rings. The predicted octanol–water partition coefficient (Wildman–Crippen LogP) is 3.66. The summed E-state index contributed by atoms with van der Waals surface area (Å²) in [6, 6.07) is 7.31. The van der Waals surface area contributed by atoms with E-state index in [0.29, 0.717) is 17.0 Å². The summed E-state index contributed by atoms with van der Waals surface area (Å²) in [6.07, 6.45) is 10.7. The van der Waals surface area contributed by atoms with Crippen molar-refractivity contribution in [1.82, 2.24) is 19.6 Å². The van der Waals surface area contributed by atoms with Gasteiger partial charge in [-0.1, -0.05) is 6.07 Å². The predicted molar refractivity (Wildman–Crippen MR) is 117 cm³/mol. The van der Waals surface area contributed by atoms with E-state index in [9.17, 15) is 8.60 Å². The molecule has 5 rings (SSSR count). The molecule has 0 amide bonds. The lowest BCUT2D eigenvalue weighted by molar-refractivity contribution is 0.238. The van der Waals surface area contributed by atoms with E-state index in [1.54, 1.807) is 12.3 Å². The highest BCUT2D eigenvalue weighted by atomic mass is 32.2. The summed E-state index contributed by atoms with van der Waals surface area (Å²) in [7, 11) is -0.806. The smallest absolute Gasteiger partial charge is 0.213 e. The highest BCUT2D eigenvalue weighted by molar-refractivity contribution is 7.83. The molecule has 3 heterocycles. The minimum atomic E-state index is -0.806. The van der Waals surface area contributed by atoms with Gasteiger partial charge in [-0.3, -0.25) is 4.98 Å². The van der Waals surface area contributed by atoms with Crippen LogP contribution in [0.25, 0.3) is 11.6 Å². The molecule has 0 radical (unpaired) electrons. The lowest BCUT2D eigenvalue weighted by atomic mass is 9.77. The molecule has 7 heteroatoms. The van der Waals surface area contributed by atoms with Crippen LogP contribution < -0.4 is 5.32 Å². The van der Waals surface area contributed by atoms with Gasteiger partial charge in [0.1, 0.15) is 0 Å². The molecule has 1 N–H and O–H groups in total. The minimum absolute atomic E-state index is 0.315. The summed E-state index contributed by atoms with van der Waals surface area (Å²) in [6.45, 7) is 3.93. The highest BCUT2D eigenvalue weighted by Crippen LogP contribution is 2.41. The van der Waals surface area contributed by atoms with E-state index in [-0.39, 0.29) is 5.54 Å². The topological polar surface area (TPSA) is 58.1 Å². The Labute approximate surface area is 179 Å². The third kappa shape index (κ3) is 3.98. The van der Waals surface area contributed by atoms with Crippen molar-refractivity contribution < 1.29 is 8.60 Å². The SMILES string of the molecule is CC1(NC2CCN(S(=O)C3CC3)CC2)CC(c2cccc(F)n2)=Cc2ccncc21. The molecular weight excluding hydrogens is 399 g/mol. The number of aromatic nitrogens is 2. The molecule has 1 saturated carbocycles. The lowest BCUT2D eigenvalue weighted by Gasteiger charge is -2.42. The molecule has 1 aliphatic heterocycles. The van der Waals surface area contributed by atoms with Gasteiger partial charge in [0.2, 0.25) is 5.95 Å². The maximum Gasteiger partial charge on any atom is 0.213 e. The molecule has 1 saturated heterocycles. The summed E-state index contributed by atoms with van der Waals surface area (Å²) in [4.78, 5) is 8.48. The number of halogens is 1. The molecule has 2 aromatic heterocycles. The average Bonchev–Trinajstić information content (AvgIpc) is 3.59. The van der Waals surface area contributed by atoms with E-state index in [1.807, 2.05) is 18.3 Å². The van der Waals surface area contributed by atoms with Crippen LogP contribution >= 0.6 is 0 Å². The van der Waals surface area contributed by atoms with Crippen molar-refractivity contribution in [3.8, 4) is 0 Å². The fraction of sp³-hybridized carbons (Fsp3) is 0.478. The van der Waals surface area contributed by atoms with Gasteiger partial charge in [-0.05, 0) is 80.0 Å². The Kier molecular flexibility index (Phi) is 5.29. The molecule has 5 nitrogen and oxygen atoms in total. The van der Waals surface area contributed by atoms with E-state index in [1.165, 1.54) is 6.07 Å². The number of piperidine rings is 1. The first-order valence-corrected chi connectivity index (χ1v) is 11.9. The monoisotopic (exact) mass is 426 g/mol. The quantitative estimate of drug-likeness (QED) is 0.742.